The summed E-state index contributed by atoms with van der Waals surface area (Å²) in [4.78, 5) is 19.7. The minimum atomic E-state index is -3.84. The maximum absolute atomic E-state index is 13.4. The van der Waals surface area contributed by atoms with Gasteiger partial charge in [-0.1, -0.05) is 30.3 Å². The normalized spacial score (nSPS) is 16.6. The van der Waals surface area contributed by atoms with Crippen molar-refractivity contribution in [2.75, 3.05) is 49.1 Å². The number of piperazine rings is 1. The van der Waals surface area contributed by atoms with Crippen LogP contribution < -0.4 is 14.9 Å². The molecule has 0 aromatic heterocycles. The van der Waals surface area contributed by atoms with Crippen LogP contribution in [0.25, 0.3) is 0 Å². The van der Waals surface area contributed by atoms with Crippen molar-refractivity contribution in [2.45, 2.75) is 31.1 Å². The first-order chi connectivity index (χ1) is 19.2. The number of nitriles is 1. The third kappa shape index (κ3) is 5.98. The molecule has 0 unspecified atom stereocenters. The van der Waals surface area contributed by atoms with Crippen LogP contribution in [0.4, 0.5) is 11.4 Å². The van der Waals surface area contributed by atoms with E-state index in [4.69, 9.17) is 5.14 Å². The Kier molecular flexibility index (Phi) is 8.10. The summed E-state index contributed by atoms with van der Waals surface area (Å²) in [5.74, 6) is 0.528. The molecule has 2 saturated heterocycles. The van der Waals surface area contributed by atoms with Crippen LogP contribution in [0.2, 0.25) is 0 Å². The lowest BCUT2D eigenvalue weighted by Crippen LogP contribution is -2.49. The van der Waals surface area contributed by atoms with E-state index in [1.165, 1.54) is 17.2 Å². The number of anilines is 2. The average molecular weight is 558 g/mol. The number of hydrogen-bond donors (Lipinski definition) is 1. The molecule has 208 valence electrons. The number of amides is 1. The lowest BCUT2D eigenvalue weighted by atomic mass is 9.87. The number of nitrogens with two attached hydrogens (primary N) is 1. The maximum atomic E-state index is 13.4. The number of piperidine rings is 1. The van der Waals surface area contributed by atoms with E-state index in [0.717, 1.165) is 43.6 Å². The Morgan fingerprint density at radius 2 is 1.52 bits per heavy atom. The highest BCUT2D eigenvalue weighted by Gasteiger charge is 2.27. The molecule has 2 aliphatic rings. The number of aryl methyl sites for hydroxylation is 1. The van der Waals surface area contributed by atoms with Gasteiger partial charge in [0.25, 0.3) is 5.91 Å². The van der Waals surface area contributed by atoms with Gasteiger partial charge in [-0.2, -0.15) is 5.26 Å². The smallest absolute Gasteiger partial charge is 0.253 e. The number of carbonyl (C=O) groups excluding carboxylic acids is 1. The van der Waals surface area contributed by atoms with E-state index in [2.05, 4.69) is 24.0 Å². The first kappa shape index (κ1) is 27.7. The summed E-state index contributed by atoms with van der Waals surface area (Å²) < 4.78 is 24.1. The van der Waals surface area contributed by atoms with Crippen molar-refractivity contribution in [2.24, 2.45) is 11.1 Å². The first-order valence-electron chi connectivity index (χ1n) is 13.7. The van der Waals surface area contributed by atoms with E-state index in [1.807, 2.05) is 46.2 Å². The van der Waals surface area contributed by atoms with Crippen molar-refractivity contribution in [3.63, 3.8) is 0 Å². The van der Waals surface area contributed by atoms with Crippen LogP contribution in [-0.2, 0) is 16.4 Å². The summed E-state index contributed by atoms with van der Waals surface area (Å²) in [6.07, 6.45) is 3.01. The Morgan fingerprint density at radius 3 is 2.20 bits per heavy atom. The van der Waals surface area contributed by atoms with Crippen LogP contribution in [0.3, 0.4) is 0 Å². The van der Waals surface area contributed by atoms with E-state index in [9.17, 15) is 18.5 Å². The lowest BCUT2D eigenvalue weighted by Gasteiger charge is -2.37. The van der Waals surface area contributed by atoms with Gasteiger partial charge in [0.15, 0.2) is 0 Å². The molecule has 2 N–H and O–H groups in total. The highest BCUT2D eigenvalue weighted by Crippen LogP contribution is 2.29. The molecule has 2 fully saturated rings. The summed E-state index contributed by atoms with van der Waals surface area (Å²) in [6.45, 7) is 6.01. The number of hydrogen-bond acceptors (Lipinski definition) is 6. The standard InChI is InChI=1S/C31H35N5O3S/c1-23-10-11-25(21-27(23)20-24-12-14-34(15-13-24)28-7-3-2-6-26(28)22-32)31(37)36-18-16-35(17-19-36)29-8-4-5-9-30(29)40(33,38)39/h2-11,21,24H,12-20H2,1H3,(H2,33,38,39). The third-order valence-electron chi connectivity index (χ3n) is 8.16. The monoisotopic (exact) mass is 557 g/mol. The molecule has 0 bridgehead atoms. The van der Waals surface area contributed by atoms with Gasteiger partial charge in [0.1, 0.15) is 11.0 Å². The van der Waals surface area contributed by atoms with Crippen LogP contribution in [0.1, 0.15) is 39.9 Å². The van der Waals surface area contributed by atoms with Crippen molar-refractivity contribution in [3.05, 3.63) is 89.0 Å². The molecule has 0 radical (unpaired) electrons. The van der Waals surface area contributed by atoms with Crippen LogP contribution in [0.15, 0.2) is 71.6 Å². The number of sulfonamides is 1. The fourth-order valence-electron chi connectivity index (χ4n) is 5.85. The van der Waals surface area contributed by atoms with Gasteiger partial charge in [0, 0.05) is 44.8 Å². The molecule has 3 aromatic carbocycles. The Bertz CT molecular complexity index is 1530. The zero-order valence-electron chi connectivity index (χ0n) is 22.8. The van der Waals surface area contributed by atoms with E-state index in [1.54, 1.807) is 18.2 Å². The predicted molar refractivity (Wildman–Crippen MR) is 157 cm³/mol. The van der Waals surface area contributed by atoms with Gasteiger partial charge in [-0.25, -0.2) is 13.6 Å². The number of rotatable bonds is 6. The molecule has 0 saturated carbocycles. The number of para-hydroxylation sites is 2. The molecule has 8 nitrogen and oxygen atoms in total. The second kappa shape index (κ2) is 11.7. The van der Waals surface area contributed by atoms with Crippen molar-refractivity contribution in [3.8, 4) is 6.07 Å². The minimum Gasteiger partial charge on any atom is -0.370 e. The van der Waals surface area contributed by atoms with Crippen LogP contribution >= 0.6 is 0 Å². The van der Waals surface area contributed by atoms with Crippen LogP contribution in [0.5, 0.6) is 0 Å². The molecule has 1 amide bonds. The molecule has 2 heterocycles. The second-order valence-corrected chi connectivity index (χ2v) is 12.2. The van der Waals surface area contributed by atoms with Crippen molar-refractivity contribution in [1.82, 2.24) is 4.90 Å². The zero-order chi connectivity index (χ0) is 28.3. The summed E-state index contributed by atoms with van der Waals surface area (Å²) in [5.41, 5.74) is 5.41. The SMILES string of the molecule is Cc1ccc(C(=O)N2CCN(c3ccccc3S(N)(=O)=O)CC2)cc1CC1CCN(c2ccccc2C#N)CC1. The summed E-state index contributed by atoms with van der Waals surface area (Å²) in [6, 6.07) is 22.8. The van der Waals surface area contributed by atoms with Gasteiger partial charge in [-0.15, -0.1) is 0 Å². The highest BCUT2D eigenvalue weighted by atomic mass is 32.2. The van der Waals surface area contributed by atoms with Crippen LogP contribution in [-0.4, -0.2) is 58.5 Å². The van der Waals surface area contributed by atoms with Gasteiger partial charge >= 0.3 is 0 Å². The Hall–Kier alpha value is -3.87. The molecule has 0 spiro atoms. The topological polar surface area (TPSA) is 111 Å². The molecular weight excluding hydrogens is 522 g/mol. The largest absolute Gasteiger partial charge is 0.370 e. The minimum absolute atomic E-state index is 0.00330. The molecule has 2 aliphatic heterocycles. The van der Waals surface area contributed by atoms with E-state index >= 15 is 0 Å². The van der Waals surface area contributed by atoms with Gasteiger partial charge in [-0.3, -0.25) is 4.79 Å². The van der Waals surface area contributed by atoms with Gasteiger partial charge in [0.2, 0.25) is 10.0 Å². The molecule has 40 heavy (non-hydrogen) atoms. The third-order valence-corrected chi connectivity index (χ3v) is 9.12. The van der Waals surface area contributed by atoms with Crippen molar-refractivity contribution >= 4 is 27.3 Å². The molecular formula is C31H35N5O3S. The molecule has 0 aliphatic carbocycles. The zero-order valence-corrected chi connectivity index (χ0v) is 23.6. The van der Waals surface area contributed by atoms with E-state index < -0.39 is 10.0 Å². The van der Waals surface area contributed by atoms with Crippen molar-refractivity contribution in [1.29, 1.82) is 5.26 Å². The molecule has 9 heteroatoms. The van der Waals surface area contributed by atoms with Gasteiger partial charge in [-0.05, 0) is 79.6 Å². The lowest BCUT2D eigenvalue weighted by molar-refractivity contribution is 0.0746. The Morgan fingerprint density at radius 1 is 0.900 bits per heavy atom. The first-order valence-corrected chi connectivity index (χ1v) is 15.3. The van der Waals surface area contributed by atoms with Crippen molar-refractivity contribution < 1.29 is 13.2 Å². The molecule has 3 aromatic rings. The fourth-order valence-corrected chi connectivity index (χ4v) is 6.61. The van der Waals surface area contributed by atoms with Gasteiger partial charge in [0.05, 0.1) is 16.9 Å². The second-order valence-electron chi connectivity index (χ2n) is 10.7. The summed E-state index contributed by atoms with van der Waals surface area (Å²) in [5, 5.41) is 14.9. The molecule has 0 atom stereocenters. The predicted octanol–water partition coefficient (Wildman–Crippen LogP) is 3.94. The highest BCUT2D eigenvalue weighted by molar-refractivity contribution is 7.89. The molecule has 5 rings (SSSR count). The number of benzene rings is 3. The average Bonchev–Trinajstić information content (AvgIpc) is 2.98. The van der Waals surface area contributed by atoms with Crippen LogP contribution in [0, 0.1) is 24.2 Å². The Labute approximate surface area is 236 Å². The number of carbonyl (C=O) groups is 1. The Balaban J connectivity index is 1.21. The quantitative estimate of drug-likeness (QED) is 0.492. The fraction of sp³-hybridized carbons (Fsp3) is 0.355. The maximum Gasteiger partial charge on any atom is 0.253 e. The number of primary sulfonamides is 1. The van der Waals surface area contributed by atoms with Gasteiger partial charge < -0.3 is 14.7 Å². The number of nitrogens with zero attached hydrogens (tertiary/aromatic N) is 4. The summed E-state index contributed by atoms with van der Waals surface area (Å²) >= 11 is 0. The summed E-state index contributed by atoms with van der Waals surface area (Å²) in [7, 11) is -3.84. The van der Waals surface area contributed by atoms with E-state index in [0.29, 0.717) is 43.3 Å². The van der Waals surface area contributed by atoms with E-state index in [-0.39, 0.29) is 10.8 Å².